The van der Waals surface area contributed by atoms with Crippen molar-refractivity contribution >= 4 is 27.8 Å². The molecule has 0 unspecified atom stereocenters. The molecule has 0 bridgehead atoms. The normalized spacial score (nSPS) is 11.6. The van der Waals surface area contributed by atoms with Crippen LogP contribution in [0.2, 0.25) is 0 Å². The van der Waals surface area contributed by atoms with Crippen molar-refractivity contribution in [1.29, 1.82) is 0 Å². The molecule has 4 aromatic rings. The smallest absolute Gasteiger partial charge is 0.271 e. The molecule has 190 valence electrons. The highest BCUT2D eigenvalue weighted by molar-refractivity contribution is 7.92. The summed E-state index contributed by atoms with van der Waals surface area (Å²) in [6.45, 7) is 8.23. The Morgan fingerprint density at radius 3 is 2.24 bits per heavy atom. The maximum atomic E-state index is 12.8. The van der Waals surface area contributed by atoms with Crippen LogP contribution in [-0.2, 0) is 10.0 Å². The van der Waals surface area contributed by atoms with E-state index in [-0.39, 0.29) is 10.8 Å². The molecule has 0 aliphatic heterocycles. The number of carbonyl (C=O) groups is 1. The molecule has 0 aliphatic carbocycles. The fourth-order valence-corrected chi connectivity index (χ4v) is 5.50. The summed E-state index contributed by atoms with van der Waals surface area (Å²) in [6, 6.07) is 22.9. The van der Waals surface area contributed by atoms with Crippen LogP contribution in [0.4, 0.5) is 5.69 Å². The van der Waals surface area contributed by atoms with Crippen molar-refractivity contribution < 1.29 is 13.2 Å². The Kier molecular flexibility index (Phi) is 7.31. The number of nitrogens with zero attached hydrogens (tertiary/aromatic N) is 3. The first-order valence-electron chi connectivity index (χ1n) is 11.8. The number of aromatic nitrogens is 1. The van der Waals surface area contributed by atoms with Crippen molar-refractivity contribution in [1.82, 2.24) is 9.99 Å². The molecule has 4 rings (SSSR count). The lowest BCUT2D eigenvalue weighted by molar-refractivity contribution is 0.0955. The van der Waals surface area contributed by atoms with Gasteiger partial charge in [0.15, 0.2) is 0 Å². The minimum atomic E-state index is -3.69. The molecule has 0 aliphatic rings. The van der Waals surface area contributed by atoms with E-state index in [1.165, 1.54) is 22.5 Å². The molecule has 0 radical (unpaired) electrons. The Balaban J connectivity index is 1.46. The van der Waals surface area contributed by atoms with Crippen LogP contribution < -0.4 is 9.73 Å². The second-order valence-corrected chi connectivity index (χ2v) is 11.0. The fraction of sp³-hybridized carbons (Fsp3) is 0.172. The Bertz CT molecular complexity index is 1570. The number of rotatable bonds is 7. The molecule has 1 N–H and O–H groups in total. The summed E-state index contributed by atoms with van der Waals surface area (Å²) < 4.78 is 29.0. The molecule has 1 heterocycles. The van der Waals surface area contributed by atoms with E-state index in [1.807, 2.05) is 19.9 Å². The number of hydrazone groups is 1. The van der Waals surface area contributed by atoms with Crippen LogP contribution in [0.1, 0.15) is 38.4 Å². The van der Waals surface area contributed by atoms with Crippen molar-refractivity contribution in [2.24, 2.45) is 5.10 Å². The molecule has 0 saturated carbocycles. The van der Waals surface area contributed by atoms with Gasteiger partial charge in [-0.3, -0.25) is 9.10 Å². The number of hydrogen-bond donors (Lipinski definition) is 1. The standard InChI is InChI=1S/C29H30N4O3S/c1-20-11-16-28(21(2)17-20)33-22(3)18-25(23(33)4)19-30-31-29(34)24-12-14-26(15-13-24)32(5)37(35,36)27-9-7-6-8-10-27/h6-19H,1-5H3,(H,31,34)/b30-19-. The fourth-order valence-electron chi connectivity index (χ4n) is 4.28. The van der Waals surface area contributed by atoms with Crippen LogP contribution in [0.15, 0.2) is 88.9 Å². The zero-order valence-corrected chi connectivity index (χ0v) is 22.4. The highest BCUT2D eigenvalue weighted by Crippen LogP contribution is 2.24. The number of amides is 1. The van der Waals surface area contributed by atoms with Gasteiger partial charge < -0.3 is 4.57 Å². The van der Waals surface area contributed by atoms with Crippen LogP contribution in [0.3, 0.4) is 0 Å². The van der Waals surface area contributed by atoms with Crippen LogP contribution in [0.25, 0.3) is 5.69 Å². The largest absolute Gasteiger partial charge is 0.318 e. The van der Waals surface area contributed by atoms with Crippen LogP contribution in [-0.4, -0.2) is 32.2 Å². The van der Waals surface area contributed by atoms with Crippen molar-refractivity contribution in [3.63, 3.8) is 0 Å². The van der Waals surface area contributed by atoms with Gasteiger partial charge in [0.05, 0.1) is 16.8 Å². The molecule has 0 spiro atoms. The van der Waals surface area contributed by atoms with E-state index in [4.69, 9.17) is 0 Å². The molecule has 37 heavy (non-hydrogen) atoms. The summed E-state index contributed by atoms with van der Waals surface area (Å²) in [7, 11) is -2.21. The SMILES string of the molecule is Cc1ccc(-n2c(C)cc(/C=N\NC(=O)c3ccc(N(C)S(=O)(=O)c4ccccc4)cc3)c2C)c(C)c1. The van der Waals surface area contributed by atoms with E-state index in [2.05, 4.69) is 47.1 Å². The Hall–Kier alpha value is -4.17. The number of anilines is 1. The van der Waals surface area contributed by atoms with Gasteiger partial charge in [-0.2, -0.15) is 5.10 Å². The van der Waals surface area contributed by atoms with E-state index in [9.17, 15) is 13.2 Å². The molecule has 7 nitrogen and oxygen atoms in total. The highest BCUT2D eigenvalue weighted by atomic mass is 32.2. The molecule has 3 aromatic carbocycles. The average Bonchev–Trinajstić information content (AvgIpc) is 3.16. The summed E-state index contributed by atoms with van der Waals surface area (Å²) >= 11 is 0. The predicted molar refractivity (Wildman–Crippen MR) is 148 cm³/mol. The van der Waals surface area contributed by atoms with Crippen molar-refractivity contribution in [2.75, 3.05) is 11.4 Å². The summed E-state index contributed by atoms with van der Waals surface area (Å²) in [4.78, 5) is 12.8. The van der Waals surface area contributed by atoms with E-state index in [0.29, 0.717) is 11.3 Å². The first-order chi connectivity index (χ1) is 17.6. The van der Waals surface area contributed by atoms with Gasteiger partial charge in [-0.15, -0.1) is 0 Å². The number of aryl methyl sites for hydroxylation is 3. The summed E-state index contributed by atoms with van der Waals surface area (Å²) in [6.07, 6.45) is 1.63. The summed E-state index contributed by atoms with van der Waals surface area (Å²) in [5.74, 6) is -0.389. The molecule has 1 aromatic heterocycles. The first-order valence-corrected chi connectivity index (χ1v) is 13.3. The van der Waals surface area contributed by atoms with Gasteiger partial charge in [0.25, 0.3) is 15.9 Å². The second kappa shape index (κ2) is 10.4. The third-order valence-corrected chi connectivity index (χ3v) is 8.13. The van der Waals surface area contributed by atoms with Gasteiger partial charge in [-0.05, 0) is 81.8 Å². The number of benzene rings is 3. The van der Waals surface area contributed by atoms with Crippen LogP contribution >= 0.6 is 0 Å². The van der Waals surface area contributed by atoms with Gasteiger partial charge in [0.1, 0.15) is 0 Å². The molecular formula is C29H30N4O3S. The van der Waals surface area contributed by atoms with Crippen molar-refractivity contribution in [3.05, 3.63) is 113 Å². The lowest BCUT2D eigenvalue weighted by Crippen LogP contribution is -2.26. The van der Waals surface area contributed by atoms with Crippen LogP contribution in [0.5, 0.6) is 0 Å². The molecule has 1 amide bonds. The topological polar surface area (TPSA) is 83.8 Å². The third kappa shape index (κ3) is 5.34. The average molecular weight is 515 g/mol. The van der Waals surface area contributed by atoms with Gasteiger partial charge >= 0.3 is 0 Å². The van der Waals surface area contributed by atoms with Gasteiger partial charge in [0.2, 0.25) is 0 Å². The van der Waals surface area contributed by atoms with E-state index in [0.717, 1.165) is 22.6 Å². The predicted octanol–water partition coefficient (Wildman–Crippen LogP) is 5.30. The molecule has 0 saturated heterocycles. The Labute approximate surface area is 218 Å². The number of nitrogens with one attached hydrogen (secondary N) is 1. The maximum absolute atomic E-state index is 12.8. The van der Waals surface area contributed by atoms with Crippen molar-refractivity contribution in [2.45, 2.75) is 32.6 Å². The quantitative estimate of drug-likeness (QED) is 0.268. The van der Waals surface area contributed by atoms with Gasteiger partial charge in [-0.1, -0.05) is 35.9 Å². The molecule has 8 heteroatoms. The lowest BCUT2D eigenvalue weighted by atomic mass is 10.1. The van der Waals surface area contributed by atoms with E-state index >= 15 is 0 Å². The summed E-state index contributed by atoms with van der Waals surface area (Å²) in [5.41, 5.74) is 9.88. The maximum Gasteiger partial charge on any atom is 0.271 e. The monoisotopic (exact) mass is 514 g/mol. The van der Waals surface area contributed by atoms with Gasteiger partial charge in [0, 0.05) is 35.2 Å². The highest BCUT2D eigenvalue weighted by Gasteiger charge is 2.21. The molecule has 0 fully saturated rings. The number of hydrogen-bond acceptors (Lipinski definition) is 4. The third-order valence-electron chi connectivity index (χ3n) is 6.33. The summed E-state index contributed by atoms with van der Waals surface area (Å²) in [5, 5.41) is 4.16. The zero-order chi connectivity index (χ0) is 26.7. The first kappa shape index (κ1) is 25.9. The lowest BCUT2D eigenvalue weighted by Gasteiger charge is -2.19. The van der Waals surface area contributed by atoms with Crippen LogP contribution in [0, 0.1) is 27.7 Å². The number of sulfonamides is 1. The second-order valence-electron chi connectivity index (χ2n) is 8.98. The minimum absolute atomic E-state index is 0.200. The zero-order valence-electron chi connectivity index (χ0n) is 21.6. The number of carbonyl (C=O) groups excluding carboxylic acids is 1. The van der Waals surface area contributed by atoms with Crippen molar-refractivity contribution in [3.8, 4) is 5.69 Å². The van der Waals surface area contributed by atoms with E-state index in [1.54, 1.807) is 60.8 Å². The van der Waals surface area contributed by atoms with Gasteiger partial charge in [-0.25, -0.2) is 13.8 Å². The Morgan fingerprint density at radius 2 is 1.59 bits per heavy atom. The molecular weight excluding hydrogens is 484 g/mol. The minimum Gasteiger partial charge on any atom is -0.318 e. The Morgan fingerprint density at radius 1 is 0.919 bits per heavy atom. The molecule has 0 atom stereocenters. The van der Waals surface area contributed by atoms with E-state index < -0.39 is 10.0 Å².